The number of hydrogen-bond acceptors (Lipinski definition) is 4. The van der Waals surface area contributed by atoms with Gasteiger partial charge in [-0.05, 0) is 37.1 Å². The summed E-state index contributed by atoms with van der Waals surface area (Å²) in [5.74, 6) is 1.21. The van der Waals surface area contributed by atoms with E-state index in [1.807, 2.05) is 55.5 Å². The molecule has 3 N–H and O–H groups in total. The highest BCUT2D eigenvalue weighted by molar-refractivity contribution is 5.85. The van der Waals surface area contributed by atoms with Gasteiger partial charge < -0.3 is 20.5 Å². The normalized spacial score (nSPS) is 12.5. The van der Waals surface area contributed by atoms with E-state index in [1.54, 1.807) is 14.2 Å². The summed E-state index contributed by atoms with van der Waals surface area (Å²) in [5.41, 5.74) is 7.91. The van der Waals surface area contributed by atoms with Crippen molar-refractivity contribution in [2.75, 3.05) is 14.2 Å². The summed E-state index contributed by atoms with van der Waals surface area (Å²) in [4.78, 5) is 12.4. The Morgan fingerprint density at radius 2 is 1.80 bits per heavy atom. The summed E-state index contributed by atoms with van der Waals surface area (Å²) in [7, 11) is 3.20. The van der Waals surface area contributed by atoms with E-state index in [-0.39, 0.29) is 24.4 Å². The average Bonchev–Trinajstić information content (AvgIpc) is 2.61. The summed E-state index contributed by atoms with van der Waals surface area (Å²) in [6.45, 7) is 1.89. The molecule has 1 unspecified atom stereocenters. The highest BCUT2D eigenvalue weighted by atomic mass is 35.5. The van der Waals surface area contributed by atoms with Crippen molar-refractivity contribution < 1.29 is 14.3 Å². The smallest absolute Gasteiger partial charge is 0.237 e. The van der Waals surface area contributed by atoms with E-state index in [4.69, 9.17) is 15.2 Å². The molecule has 25 heavy (non-hydrogen) atoms. The van der Waals surface area contributed by atoms with Crippen LogP contribution in [-0.4, -0.2) is 26.2 Å². The number of ether oxygens (including phenoxy) is 2. The number of benzene rings is 2. The molecule has 0 saturated heterocycles. The Hall–Kier alpha value is -2.24. The van der Waals surface area contributed by atoms with Gasteiger partial charge in [-0.1, -0.05) is 30.3 Å². The third kappa shape index (κ3) is 5.66. The Kier molecular flexibility index (Phi) is 8.25. The summed E-state index contributed by atoms with van der Waals surface area (Å²) in [6.07, 6.45) is 0.495. The molecule has 0 bridgehead atoms. The van der Waals surface area contributed by atoms with Crippen LogP contribution in [0.5, 0.6) is 11.5 Å². The minimum absolute atomic E-state index is 0. The first-order valence-corrected chi connectivity index (χ1v) is 7.87. The molecule has 0 heterocycles. The van der Waals surface area contributed by atoms with Gasteiger partial charge in [0.25, 0.3) is 0 Å². The van der Waals surface area contributed by atoms with Crippen LogP contribution in [0.15, 0.2) is 48.5 Å². The number of hydrogen-bond donors (Lipinski definition) is 2. The van der Waals surface area contributed by atoms with Crippen LogP contribution in [0.3, 0.4) is 0 Å². The predicted octanol–water partition coefficient (Wildman–Crippen LogP) is 2.87. The maximum atomic E-state index is 12.4. The number of methoxy groups -OCH3 is 2. The Balaban J connectivity index is 0.00000312. The molecular weight excluding hydrogens is 340 g/mol. The number of carbonyl (C=O) groups excluding carboxylic acids is 1. The van der Waals surface area contributed by atoms with E-state index in [2.05, 4.69) is 5.32 Å². The molecule has 0 radical (unpaired) electrons. The molecule has 2 rings (SSSR count). The molecule has 0 fully saturated rings. The number of halogens is 1. The summed E-state index contributed by atoms with van der Waals surface area (Å²) >= 11 is 0. The second kappa shape index (κ2) is 9.91. The second-order valence-corrected chi connectivity index (χ2v) is 5.63. The molecule has 2 aromatic carbocycles. The van der Waals surface area contributed by atoms with E-state index >= 15 is 0 Å². The lowest BCUT2D eigenvalue weighted by atomic mass is 10.0. The van der Waals surface area contributed by atoms with Gasteiger partial charge in [-0.2, -0.15) is 0 Å². The van der Waals surface area contributed by atoms with Crippen molar-refractivity contribution in [1.82, 2.24) is 5.32 Å². The molecule has 0 saturated carbocycles. The molecule has 0 aliphatic carbocycles. The van der Waals surface area contributed by atoms with Crippen molar-refractivity contribution in [1.29, 1.82) is 0 Å². The highest BCUT2D eigenvalue weighted by Gasteiger charge is 2.19. The maximum absolute atomic E-state index is 12.4. The van der Waals surface area contributed by atoms with E-state index in [0.717, 1.165) is 11.1 Å². The number of rotatable bonds is 7. The van der Waals surface area contributed by atoms with E-state index < -0.39 is 6.04 Å². The monoisotopic (exact) mass is 364 g/mol. The Labute approximate surface area is 154 Å². The van der Waals surface area contributed by atoms with Gasteiger partial charge in [0.1, 0.15) is 11.5 Å². The second-order valence-electron chi connectivity index (χ2n) is 5.63. The van der Waals surface area contributed by atoms with E-state index in [0.29, 0.717) is 17.9 Å². The average molecular weight is 365 g/mol. The van der Waals surface area contributed by atoms with Crippen molar-refractivity contribution in [3.8, 4) is 11.5 Å². The molecule has 0 aliphatic heterocycles. The van der Waals surface area contributed by atoms with Crippen LogP contribution in [0.4, 0.5) is 0 Å². The van der Waals surface area contributed by atoms with Gasteiger partial charge in [-0.15, -0.1) is 12.4 Å². The van der Waals surface area contributed by atoms with Gasteiger partial charge >= 0.3 is 0 Å². The summed E-state index contributed by atoms with van der Waals surface area (Å²) in [5, 5.41) is 2.94. The molecule has 0 aliphatic rings. The van der Waals surface area contributed by atoms with Crippen LogP contribution < -0.4 is 20.5 Å². The number of nitrogens with one attached hydrogen (secondary N) is 1. The third-order valence-electron chi connectivity index (χ3n) is 3.90. The van der Waals surface area contributed by atoms with Crippen LogP contribution in [0.1, 0.15) is 24.1 Å². The molecular formula is C19H25ClN2O3. The molecule has 0 spiro atoms. The van der Waals surface area contributed by atoms with E-state index in [9.17, 15) is 4.79 Å². The molecule has 6 heteroatoms. The molecule has 0 aromatic heterocycles. The standard InChI is InChI=1S/C19H24N2O3.ClH/c1-13(16-12-15(23-2)9-10-18(16)24-3)21-19(22)17(20)11-14-7-5-4-6-8-14;/h4-10,12-13,17H,11,20H2,1-3H3,(H,21,22);1H/t13?,17-;/m0./s1. The van der Waals surface area contributed by atoms with Gasteiger partial charge in [0.2, 0.25) is 5.91 Å². The van der Waals surface area contributed by atoms with Crippen LogP contribution in [0.2, 0.25) is 0 Å². The van der Waals surface area contributed by atoms with Crippen molar-refractivity contribution in [3.05, 3.63) is 59.7 Å². The van der Waals surface area contributed by atoms with Crippen LogP contribution >= 0.6 is 12.4 Å². The predicted molar refractivity (Wildman–Crippen MR) is 101 cm³/mol. The van der Waals surface area contributed by atoms with Crippen LogP contribution in [0.25, 0.3) is 0 Å². The lowest BCUT2D eigenvalue weighted by Crippen LogP contribution is -2.43. The number of carbonyl (C=O) groups is 1. The van der Waals surface area contributed by atoms with Crippen molar-refractivity contribution >= 4 is 18.3 Å². The minimum Gasteiger partial charge on any atom is -0.497 e. The zero-order chi connectivity index (χ0) is 17.5. The first-order valence-electron chi connectivity index (χ1n) is 7.87. The Morgan fingerprint density at radius 3 is 2.40 bits per heavy atom. The van der Waals surface area contributed by atoms with Crippen molar-refractivity contribution in [2.45, 2.75) is 25.4 Å². The molecule has 2 atom stereocenters. The summed E-state index contributed by atoms with van der Waals surface area (Å²) in [6, 6.07) is 14.4. The van der Waals surface area contributed by atoms with Gasteiger partial charge in [-0.3, -0.25) is 4.79 Å². The SMILES string of the molecule is COc1ccc(OC)c(C(C)NC(=O)[C@@H](N)Cc2ccccc2)c1.Cl. The van der Waals surface area contributed by atoms with Crippen LogP contribution in [-0.2, 0) is 11.2 Å². The Bertz CT molecular complexity index is 680. The van der Waals surface area contributed by atoms with E-state index in [1.165, 1.54) is 0 Å². The molecule has 5 nitrogen and oxygen atoms in total. The number of nitrogens with two attached hydrogens (primary N) is 1. The van der Waals surface area contributed by atoms with Gasteiger partial charge in [0.15, 0.2) is 0 Å². The number of amides is 1. The van der Waals surface area contributed by atoms with Crippen molar-refractivity contribution in [3.63, 3.8) is 0 Å². The molecule has 136 valence electrons. The lowest BCUT2D eigenvalue weighted by Gasteiger charge is -2.20. The highest BCUT2D eigenvalue weighted by Crippen LogP contribution is 2.29. The summed E-state index contributed by atoms with van der Waals surface area (Å²) < 4.78 is 10.6. The molecule has 2 aromatic rings. The fourth-order valence-corrected chi connectivity index (χ4v) is 2.54. The topological polar surface area (TPSA) is 73.6 Å². The zero-order valence-electron chi connectivity index (χ0n) is 14.7. The maximum Gasteiger partial charge on any atom is 0.237 e. The van der Waals surface area contributed by atoms with Gasteiger partial charge in [-0.25, -0.2) is 0 Å². The molecule has 1 amide bonds. The first kappa shape index (κ1) is 20.8. The quantitative estimate of drug-likeness (QED) is 0.792. The third-order valence-corrected chi connectivity index (χ3v) is 3.90. The minimum atomic E-state index is -0.605. The Morgan fingerprint density at radius 1 is 1.12 bits per heavy atom. The van der Waals surface area contributed by atoms with Crippen LogP contribution in [0, 0.1) is 0 Å². The fraction of sp³-hybridized carbons (Fsp3) is 0.316. The lowest BCUT2D eigenvalue weighted by molar-refractivity contribution is -0.123. The fourth-order valence-electron chi connectivity index (χ4n) is 2.54. The van der Waals surface area contributed by atoms with Gasteiger partial charge in [0.05, 0.1) is 26.3 Å². The van der Waals surface area contributed by atoms with Gasteiger partial charge in [0, 0.05) is 5.56 Å². The largest absolute Gasteiger partial charge is 0.497 e. The van der Waals surface area contributed by atoms with Crippen molar-refractivity contribution in [2.24, 2.45) is 5.73 Å². The first-order chi connectivity index (χ1) is 11.5. The zero-order valence-corrected chi connectivity index (χ0v) is 15.5.